The number of rotatable bonds is 5. The molecule has 110 valence electrons. The highest BCUT2D eigenvalue weighted by Gasteiger charge is 2.21. The molecule has 19 heavy (non-hydrogen) atoms. The van der Waals surface area contributed by atoms with E-state index in [-0.39, 0.29) is 24.0 Å². The van der Waals surface area contributed by atoms with E-state index in [4.69, 9.17) is 9.47 Å². The molecule has 1 unspecified atom stereocenters. The maximum atomic E-state index is 5.45. The van der Waals surface area contributed by atoms with Crippen molar-refractivity contribution in [3.8, 4) is 11.5 Å². The van der Waals surface area contributed by atoms with Gasteiger partial charge in [-0.3, -0.25) is 0 Å². The predicted octanol–water partition coefficient (Wildman–Crippen LogP) is 0.108. The fourth-order valence-corrected chi connectivity index (χ4v) is 2.16. The van der Waals surface area contributed by atoms with E-state index in [1.54, 1.807) is 14.2 Å². The molecule has 0 aromatic heterocycles. The van der Waals surface area contributed by atoms with E-state index >= 15 is 0 Å². The molecule has 0 amide bonds. The van der Waals surface area contributed by atoms with Gasteiger partial charge in [-0.25, -0.2) is 0 Å². The minimum absolute atomic E-state index is 0. The van der Waals surface area contributed by atoms with Gasteiger partial charge in [0.25, 0.3) is 0 Å². The van der Waals surface area contributed by atoms with E-state index in [9.17, 15) is 0 Å². The van der Waals surface area contributed by atoms with Gasteiger partial charge in [-0.15, -0.1) is 0 Å². The van der Waals surface area contributed by atoms with Crippen LogP contribution in [0.2, 0.25) is 0 Å². The van der Waals surface area contributed by atoms with Gasteiger partial charge in [-0.05, 0) is 35.0 Å². The molecule has 5 heteroatoms. The van der Waals surface area contributed by atoms with Gasteiger partial charge >= 0.3 is 0 Å². The van der Waals surface area contributed by atoms with Crippen LogP contribution in [0.4, 0.5) is 0 Å². The van der Waals surface area contributed by atoms with Crippen LogP contribution in [-0.4, -0.2) is 45.9 Å². The Morgan fingerprint density at radius 1 is 1.11 bits per heavy atom. The van der Waals surface area contributed by atoms with Crippen molar-refractivity contribution in [2.45, 2.75) is 19.4 Å². The van der Waals surface area contributed by atoms with Crippen LogP contribution in [0.1, 0.15) is 12.5 Å². The molecule has 0 radical (unpaired) electrons. The van der Waals surface area contributed by atoms with Crippen LogP contribution in [0.25, 0.3) is 0 Å². The van der Waals surface area contributed by atoms with Gasteiger partial charge in [0.1, 0.15) is 11.5 Å². The van der Waals surface area contributed by atoms with Crippen LogP contribution in [0.15, 0.2) is 16.6 Å². The highest BCUT2D eigenvalue weighted by atomic mass is 127. The van der Waals surface area contributed by atoms with Crippen molar-refractivity contribution in [2.75, 3.05) is 35.4 Å². The first-order valence-corrected chi connectivity index (χ1v) is 6.80. The summed E-state index contributed by atoms with van der Waals surface area (Å²) in [6, 6.07) is 4.52. The van der Waals surface area contributed by atoms with Crippen LogP contribution >= 0.6 is 15.9 Å². The second-order valence-electron chi connectivity index (χ2n) is 5.47. The van der Waals surface area contributed by atoms with E-state index in [1.807, 2.05) is 6.07 Å². The van der Waals surface area contributed by atoms with Crippen LogP contribution in [-0.2, 0) is 6.42 Å². The number of benzene rings is 1. The van der Waals surface area contributed by atoms with E-state index in [0.717, 1.165) is 26.9 Å². The summed E-state index contributed by atoms with van der Waals surface area (Å²) < 4.78 is 12.6. The first kappa shape index (κ1) is 19.0. The Bertz CT molecular complexity index is 419. The number of likely N-dealkylation sites (N-methyl/N-ethyl adjacent to an activating group) is 1. The zero-order valence-corrected chi connectivity index (χ0v) is 16.2. The average Bonchev–Trinajstić information content (AvgIpc) is 2.29. The number of methoxy groups -OCH3 is 2. The van der Waals surface area contributed by atoms with Crippen LogP contribution in [0.5, 0.6) is 11.5 Å². The molecule has 0 saturated heterocycles. The van der Waals surface area contributed by atoms with Crippen molar-refractivity contribution in [1.29, 1.82) is 0 Å². The van der Waals surface area contributed by atoms with E-state index < -0.39 is 0 Å². The van der Waals surface area contributed by atoms with Crippen molar-refractivity contribution >= 4 is 15.9 Å². The van der Waals surface area contributed by atoms with E-state index in [0.29, 0.717) is 6.04 Å². The van der Waals surface area contributed by atoms with Gasteiger partial charge in [0.05, 0.1) is 45.9 Å². The Labute approximate surface area is 142 Å². The fraction of sp³-hybridized carbons (Fsp3) is 0.571. The molecule has 0 aliphatic heterocycles. The molecule has 0 saturated carbocycles. The zero-order valence-electron chi connectivity index (χ0n) is 12.5. The number of halogens is 2. The molecule has 0 N–H and O–H groups in total. The van der Waals surface area contributed by atoms with Gasteiger partial charge in [-0.1, -0.05) is 0 Å². The Hall–Kier alpha value is -0.0100. The number of hydrogen-bond acceptors (Lipinski definition) is 2. The number of ether oxygens (including phenoxy) is 2. The van der Waals surface area contributed by atoms with E-state index in [1.165, 1.54) is 5.56 Å². The maximum Gasteiger partial charge on any atom is 0.133 e. The quantitative estimate of drug-likeness (QED) is 0.475. The lowest BCUT2D eigenvalue weighted by Gasteiger charge is -2.32. The van der Waals surface area contributed by atoms with E-state index in [2.05, 4.69) is 50.1 Å². The summed E-state index contributed by atoms with van der Waals surface area (Å²) in [6.07, 6.45) is 0.955. The summed E-state index contributed by atoms with van der Waals surface area (Å²) in [5.74, 6) is 1.75. The first-order chi connectivity index (χ1) is 8.29. The molecule has 1 aromatic carbocycles. The molecule has 0 fully saturated rings. The lowest BCUT2D eigenvalue weighted by atomic mass is 10.0. The SMILES string of the molecule is COc1cc(CC(C)[N+](C)(C)C)c(OC)cc1Br.[I-]. The van der Waals surface area contributed by atoms with Gasteiger partial charge in [0.15, 0.2) is 0 Å². The monoisotopic (exact) mass is 443 g/mol. The lowest BCUT2D eigenvalue weighted by Crippen LogP contribution is -3.00. The number of hydrogen-bond donors (Lipinski definition) is 0. The van der Waals surface area contributed by atoms with Gasteiger partial charge in [0.2, 0.25) is 0 Å². The third-order valence-electron chi connectivity index (χ3n) is 3.39. The predicted molar refractivity (Wildman–Crippen MR) is 78.4 cm³/mol. The van der Waals surface area contributed by atoms with Crippen molar-refractivity contribution in [1.82, 2.24) is 0 Å². The average molecular weight is 444 g/mol. The molecule has 0 aliphatic carbocycles. The second-order valence-corrected chi connectivity index (χ2v) is 6.32. The molecule has 1 rings (SSSR count). The van der Waals surface area contributed by atoms with Crippen molar-refractivity contribution in [3.63, 3.8) is 0 Å². The summed E-state index contributed by atoms with van der Waals surface area (Å²) in [7, 11) is 9.99. The second kappa shape index (κ2) is 7.69. The molecule has 0 aliphatic rings. The molecule has 0 spiro atoms. The Morgan fingerprint density at radius 3 is 2.05 bits per heavy atom. The summed E-state index contributed by atoms with van der Waals surface area (Å²) in [5, 5.41) is 0. The standard InChI is InChI=1S/C14H23BrNO2.HI/c1-10(16(2,3)4)7-11-8-14(18-6)12(15)9-13(11)17-5;/h8-10H,7H2,1-6H3;1H/q+1;/p-1. The highest BCUT2D eigenvalue weighted by molar-refractivity contribution is 9.10. The fourth-order valence-electron chi connectivity index (χ4n) is 1.68. The summed E-state index contributed by atoms with van der Waals surface area (Å²) in [6.45, 7) is 2.24. The Kier molecular flexibility index (Phi) is 7.68. The Balaban J connectivity index is 0.00000324. The van der Waals surface area contributed by atoms with Crippen LogP contribution in [0.3, 0.4) is 0 Å². The maximum absolute atomic E-state index is 5.45. The third kappa shape index (κ3) is 5.11. The number of quaternary nitrogens is 1. The molecule has 1 aromatic rings. The van der Waals surface area contributed by atoms with Crippen LogP contribution < -0.4 is 33.5 Å². The molecule has 1 atom stereocenters. The van der Waals surface area contributed by atoms with Gasteiger partial charge in [0, 0.05) is 12.0 Å². The van der Waals surface area contributed by atoms with Crippen LogP contribution in [0, 0.1) is 0 Å². The largest absolute Gasteiger partial charge is 1.00 e. The summed E-state index contributed by atoms with van der Waals surface area (Å²) in [5.41, 5.74) is 1.18. The van der Waals surface area contributed by atoms with Gasteiger partial charge < -0.3 is 37.9 Å². The van der Waals surface area contributed by atoms with Crippen molar-refractivity contribution < 1.29 is 37.9 Å². The Morgan fingerprint density at radius 2 is 1.63 bits per heavy atom. The smallest absolute Gasteiger partial charge is 0.133 e. The lowest BCUT2D eigenvalue weighted by molar-refractivity contribution is -0.893. The highest BCUT2D eigenvalue weighted by Crippen LogP contribution is 2.33. The molecule has 0 heterocycles. The first-order valence-electron chi connectivity index (χ1n) is 6.01. The van der Waals surface area contributed by atoms with Crippen molar-refractivity contribution in [3.05, 3.63) is 22.2 Å². The zero-order chi connectivity index (χ0) is 13.9. The molecular weight excluding hydrogens is 421 g/mol. The molecular formula is C14H23BrINO2. The third-order valence-corrected chi connectivity index (χ3v) is 4.01. The normalized spacial score (nSPS) is 12.6. The minimum atomic E-state index is 0. The molecule has 3 nitrogen and oxygen atoms in total. The van der Waals surface area contributed by atoms with Crippen molar-refractivity contribution in [2.24, 2.45) is 0 Å². The van der Waals surface area contributed by atoms with Gasteiger partial charge in [-0.2, -0.15) is 0 Å². The topological polar surface area (TPSA) is 18.5 Å². The molecule has 0 bridgehead atoms. The number of nitrogens with zero attached hydrogens (tertiary/aromatic N) is 1. The summed E-state index contributed by atoms with van der Waals surface area (Å²) >= 11 is 3.48. The minimum Gasteiger partial charge on any atom is -1.00 e. The summed E-state index contributed by atoms with van der Waals surface area (Å²) in [4.78, 5) is 0.